The Labute approximate surface area is 111 Å². The lowest BCUT2D eigenvalue weighted by atomic mass is 10.0. The molecule has 0 aliphatic carbocycles. The van der Waals surface area contributed by atoms with Gasteiger partial charge < -0.3 is 14.7 Å². The number of morpholine rings is 1. The van der Waals surface area contributed by atoms with Crippen molar-refractivity contribution in [3.63, 3.8) is 0 Å². The van der Waals surface area contributed by atoms with Crippen molar-refractivity contribution in [2.24, 2.45) is 0 Å². The normalized spacial score (nSPS) is 23.6. The molecule has 0 spiro atoms. The van der Waals surface area contributed by atoms with Gasteiger partial charge in [0.25, 0.3) is 0 Å². The van der Waals surface area contributed by atoms with Gasteiger partial charge in [-0.3, -0.25) is 0 Å². The number of hydrogen-bond donors (Lipinski definition) is 1. The van der Waals surface area contributed by atoms with Crippen LogP contribution in [-0.4, -0.2) is 42.9 Å². The van der Waals surface area contributed by atoms with Crippen LogP contribution in [-0.2, 0) is 4.74 Å². The molecule has 94 valence electrons. The standard InChI is InChI=1S/C12H15Cl2NO2/c1-15-4-5-17-11(7-15)12(16)8-2-3-9(13)10(14)6-8/h2-3,6,11-12,16H,4-5,7H2,1H3. The second kappa shape index (κ2) is 5.55. The Kier molecular flexibility index (Phi) is 4.28. The van der Waals surface area contributed by atoms with Crippen LogP contribution in [0.4, 0.5) is 0 Å². The minimum Gasteiger partial charge on any atom is -0.386 e. The van der Waals surface area contributed by atoms with Gasteiger partial charge in [0, 0.05) is 13.1 Å². The van der Waals surface area contributed by atoms with Crippen molar-refractivity contribution in [3.05, 3.63) is 33.8 Å². The Balaban J connectivity index is 2.12. The first-order valence-corrected chi connectivity index (χ1v) is 6.26. The van der Waals surface area contributed by atoms with Crippen LogP contribution >= 0.6 is 23.2 Å². The van der Waals surface area contributed by atoms with E-state index >= 15 is 0 Å². The molecule has 0 aromatic heterocycles. The highest BCUT2D eigenvalue weighted by molar-refractivity contribution is 6.42. The number of hydrogen-bond acceptors (Lipinski definition) is 3. The highest BCUT2D eigenvalue weighted by Gasteiger charge is 2.26. The minimum absolute atomic E-state index is 0.217. The molecular formula is C12H15Cl2NO2. The lowest BCUT2D eigenvalue weighted by Gasteiger charge is -2.33. The third kappa shape index (κ3) is 3.12. The van der Waals surface area contributed by atoms with Gasteiger partial charge in [-0.05, 0) is 24.7 Å². The van der Waals surface area contributed by atoms with Gasteiger partial charge in [0.2, 0.25) is 0 Å². The topological polar surface area (TPSA) is 32.7 Å². The zero-order chi connectivity index (χ0) is 12.4. The molecule has 17 heavy (non-hydrogen) atoms. The van der Waals surface area contributed by atoms with Crippen LogP contribution in [0, 0.1) is 0 Å². The molecule has 1 aliphatic heterocycles. The predicted molar refractivity (Wildman–Crippen MR) is 68.7 cm³/mol. The summed E-state index contributed by atoms with van der Waals surface area (Å²) >= 11 is 11.8. The van der Waals surface area contributed by atoms with Crippen molar-refractivity contribution in [3.8, 4) is 0 Å². The molecule has 1 aromatic carbocycles. The van der Waals surface area contributed by atoms with Gasteiger partial charge in [-0.25, -0.2) is 0 Å². The first kappa shape index (κ1) is 13.1. The van der Waals surface area contributed by atoms with Gasteiger partial charge in [0.15, 0.2) is 0 Å². The first-order valence-electron chi connectivity index (χ1n) is 5.51. The highest BCUT2D eigenvalue weighted by atomic mass is 35.5. The number of ether oxygens (including phenoxy) is 1. The average molecular weight is 276 g/mol. The van der Waals surface area contributed by atoms with Gasteiger partial charge in [-0.1, -0.05) is 29.3 Å². The number of likely N-dealkylation sites (N-methyl/N-ethyl adjacent to an activating group) is 1. The summed E-state index contributed by atoms with van der Waals surface area (Å²) in [6.45, 7) is 2.24. The maximum absolute atomic E-state index is 10.2. The Morgan fingerprint density at radius 2 is 2.18 bits per heavy atom. The molecule has 2 unspecified atom stereocenters. The Hall–Kier alpha value is -0.320. The maximum Gasteiger partial charge on any atom is 0.106 e. The molecule has 0 saturated carbocycles. The molecule has 3 nitrogen and oxygen atoms in total. The minimum atomic E-state index is -0.674. The van der Waals surface area contributed by atoms with Crippen LogP contribution in [0.15, 0.2) is 18.2 Å². The highest BCUT2D eigenvalue weighted by Crippen LogP contribution is 2.28. The molecule has 1 aliphatic rings. The van der Waals surface area contributed by atoms with Gasteiger partial charge in [-0.2, -0.15) is 0 Å². The van der Waals surface area contributed by atoms with Crippen LogP contribution in [0.25, 0.3) is 0 Å². The molecule has 0 amide bonds. The van der Waals surface area contributed by atoms with E-state index in [1.54, 1.807) is 18.2 Å². The number of aliphatic hydroxyl groups is 1. The van der Waals surface area contributed by atoms with E-state index in [-0.39, 0.29) is 6.10 Å². The summed E-state index contributed by atoms with van der Waals surface area (Å²) < 4.78 is 5.57. The number of benzene rings is 1. The van der Waals surface area contributed by atoms with Gasteiger partial charge >= 0.3 is 0 Å². The van der Waals surface area contributed by atoms with Crippen molar-refractivity contribution in [2.75, 3.05) is 26.7 Å². The van der Waals surface area contributed by atoms with E-state index in [9.17, 15) is 5.11 Å². The average Bonchev–Trinajstić information content (AvgIpc) is 2.32. The van der Waals surface area contributed by atoms with E-state index < -0.39 is 6.10 Å². The van der Waals surface area contributed by atoms with Crippen LogP contribution < -0.4 is 0 Å². The number of nitrogens with zero attached hydrogens (tertiary/aromatic N) is 1. The Bertz CT molecular complexity index is 400. The van der Waals surface area contributed by atoms with Crippen molar-refractivity contribution in [1.29, 1.82) is 0 Å². The second-order valence-electron chi connectivity index (χ2n) is 4.29. The van der Waals surface area contributed by atoms with Crippen molar-refractivity contribution in [2.45, 2.75) is 12.2 Å². The molecule has 0 bridgehead atoms. The fourth-order valence-corrected chi connectivity index (χ4v) is 2.22. The van der Waals surface area contributed by atoms with Crippen LogP contribution in [0.3, 0.4) is 0 Å². The SMILES string of the molecule is CN1CCOC(C(O)c2ccc(Cl)c(Cl)c2)C1. The molecule has 1 saturated heterocycles. The molecule has 1 aromatic rings. The molecule has 5 heteroatoms. The Morgan fingerprint density at radius 3 is 2.82 bits per heavy atom. The largest absolute Gasteiger partial charge is 0.386 e. The van der Waals surface area contributed by atoms with Crippen LogP contribution in [0.1, 0.15) is 11.7 Å². The quantitative estimate of drug-likeness (QED) is 0.900. The Morgan fingerprint density at radius 1 is 1.41 bits per heavy atom. The second-order valence-corrected chi connectivity index (χ2v) is 5.10. The molecule has 2 atom stereocenters. The zero-order valence-electron chi connectivity index (χ0n) is 9.57. The fraction of sp³-hybridized carbons (Fsp3) is 0.500. The van der Waals surface area contributed by atoms with Crippen LogP contribution in [0.2, 0.25) is 10.0 Å². The van der Waals surface area contributed by atoms with E-state index in [2.05, 4.69) is 4.90 Å². The van der Waals surface area contributed by atoms with E-state index in [1.807, 2.05) is 7.05 Å². The fourth-order valence-electron chi connectivity index (χ4n) is 1.91. The van der Waals surface area contributed by atoms with E-state index in [0.717, 1.165) is 12.1 Å². The zero-order valence-corrected chi connectivity index (χ0v) is 11.1. The molecule has 1 fully saturated rings. The van der Waals surface area contributed by atoms with Crippen molar-refractivity contribution in [1.82, 2.24) is 4.90 Å². The van der Waals surface area contributed by atoms with E-state index in [0.29, 0.717) is 23.2 Å². The summed E-state index contributed by atoms with van der Waals surface area (Å²) in [5.41, 5.74) is 0.736. The summed E-state index contributed by atoms with van der Waals surface area (Å²) in [5.74, 6) is 0. The third-order valence-electron chi connectivity index (χ3n) is 2.93. The lowest BCUT2D eigenvalue weighted by Crippen LogP contribution is -2.42. The summed E-state index contributed by atoms with van der Waals surface area (Å²) in [6.07, 6.45) is -0.890. The van der Waals surface area contributed by atoms with Crippen LogP contribution in [0.5, 0.6) is 0 Å². The molecule has 1 heterocycles. The number of halogens is 2. The third-order valence-corrected chi connectivity index (χ3v) is 3.67. The number of aliphatic hydroxyl groups excluding tert-OH is 1. The van der Waals surface area contributed by atoms with Crippen molar-refractivity contribution >= 4 is 23.2 Å². The van der Waals surface area contributed by atoms with Gasteiger partial charge in [0.05, 0.1) is 16.7 Å². The monoisotopic (exact) mass is 275 g/mol. The van der Waals surface area contributed by atoms with Gasteiger partial charge in [0.1, 0.15) is 12.2 Å². The summed E-state index contributed by atoms with van der Waals surface area (Å²) in [7, 11) is 2.01. The summed E-state index contributed by atoms with van der Waals surface area (Å²) in [6, 6.07) is 5.15. The first-order chi connectivity index (χ1) is 8.08. The van der Waals surface area contributed by atoms with Crippen molar-refractivity contribution < 1.29 is 9.84 Å². The smallest absolute Gasteiger partial charge is 0.106 e. The molecule has 0 radical (unpaired) electrons. The molecule has 2 rings (SSSR count). The lowest BCUT2D eigenvalue weighted by molar-refractivity contribution is -0.0844. The van der Waals surface area contributed by atoms with Gasteiger partial charge in [-0.15, -0.1) is 0 Å². The van der Waals surface area contributed by atoms with E-state index in [1.165, 1.54) is 0 Å². The summed E-state index contributed by atoms with van der Waals surface area (Å²) in [4.78, 5) is 2.13. The number of rotatable bonds is 2. The predicted octanol–water partition coefficient (Wildman–Crippen LogP) is 2.36. The molecular weight excluding hydrogens is 261 g/mol. The molecule has 1 N–H and O–H groups in total. The van der Waals surface area contributed by atoms with E-state index in [4.69, 9.17) is 27.9 Å². The maximum atomic E-state index is 10.2. The summed E-state index contributed by atoms with van der Waals surface area (Å²) in [5, 5.41) is 11.2.